The lowest BCUT2D eigenvalue weighted by molar-refractivity contribution is 0.245. The van der Waals surface area contributed by atoms with Crippen LogP contribution in [0.4, 0.5) is 10.8 Å². The first kappa shape index (κ1) is 14.1. The van der Waals surface area contributed by atoms with Gasteiger partial charge >= 0.3 is 0 Å². The summed E-state index contributed by atoms with van der Waals surface area (Å²) in [6, 6.07) is 0. The number of anilines is 2. The van der Waals surface area contributed by atoms with Crippen LogP contribution in [0, 0.1) is 6.92 Å². The molecule has 2 aromatic heterocycles. The number of nitrogens with zero attached hydrogens (tertiary/aromatic N) is 3. The normalized spacial score (nSPS) is 11.0. The molecule has 0 bridgehead atoms. The molecule has 0 aromatic carbocycles. The molecule has 0 aliphatic rings. The quantitative estimate of drug-likeness (QED) is 0.919. The zero-order valence-electron chi connectivity index (χ0n) is 11.5. The van der Waals surface area contributed by atoms with E-state index in [0.29, 0.717) is 11.6 Å². The van der Waals surface area contributed by atoms with E-state index in [1.54, 1.807) is 11.3 Å². The average molecular weight is 298 g/mol. The Hall–Kier alpha value is -1.34. The Morgan fingerprint density at radius 2 is 2.21 bits per heavy atom. The lowest BCUT2D eigenvalue weighted by Crippen LogP contribution is -2.17. The molecule has 0 fully saturated rings. The molecule has 0 aliphatic carbocycles. The van der Waals surface area contributed by atoms with Gasteiger partial charge < -0.3 is 15.4 Å². The summed E-state index contributed by atoms with van der Waals surface area (Å²) in [5, 5.41) is 4.09. The number of thiazole rings is 1. The third kappa shape index (κ3) is 3.36. The molecule has 0 atom stereocenters. The SMILES string of the molecule is Cc1nc(CN(C)c2snc(N)c2OC(C)C)cs1. The van der Waals surface area contributed by atoms with Gasteiger partial charge in [-0.25, -0.2) is 4.98 Å². The Labute approximate surface area is 121 Å². The van der Waals surface area contributed by atoms with Crippen molar-refractivity contribution >= 4 is 33.7 Å². The molecule has 2 aromatic rings. The van der Waals surface area contributed by atoms with Crippen molar-refractivity contribution in [2.45, 2.75) is 33.4 Å². The molecular formula is C12H18N4OS2. The summed E-state index contributed by atoms with van der Waals surface area (Å²) in [4.78, 5) is 6.53. The number of aryl methyl sites for hydroxylation is 1. The fraction of sp³-hybridized carbons (Fsp3) is 0.500. The van der Waals surface area contributed by atoms with Crippen LogP contribution in [0.5, 0.6) is 5.75 Å². The van der Waals surface area contributed by atoms with Crippen molar-refractivity contribution in [1.82, 2.24) is 9.36 Å². The van der Waals surface area contributed by atoms with Gasteiger partial charge in [0.1, 0.15) is 0 Å². The monoisotopic (exact) mass is 298 g/mol. The molecule has 0 aliphatic heterocycles. The van der Waals surface area contributed by atoms with Crippen LogP contribution in [-0.4, -0.2) is 22.5 Å². The summed E-state index contributed by atoms with van der Waals surface area (Å²) in [6.45, 7) is 6.68. The summed E-state index contributed by atoms with van der Waals surface area (Å²) in [5.41, 5.74) is 6.91. The molecule has 0 radical (unpaired) electrons. The minimum atomic E-state index is 0.0763. The van der Waals surface area contributed by atoms with Crippen molar-refractivity contribution in [3.8, 4) is 5.75 Å². The minimum Gasteiger partial charge on any atom is -0.484 e. The van der Waals surface area contributed by atoms with Crippen LogP contribution in [-0.2, 0) is 6.54 Å². The first-order chi connectivity index (χ1) is 8.97. The number of hydrogen-bond acceptors (Lipinski definition) is 7. The van der Waals surface area contributed by atoms with Gasteiger partial charge in [0.25, 0.3) is 0 Å². The van der Waals surface area contributed by atoms with E-state index in [9.17, 15) is 0 Å². The summed E-state index contributed by atoms with van der Waals surface area (Å²) in [7, 11) is 1.99. The second-order valence-electron chi connectivity index (χ2n) is 4.58. The summed E-state index contributed by atoms with van der Waals surface area (Å²) in [5.74, 6) is 1.13. The number of rotatable bonds is 5. The molecule has 0 spiro atoms. The smallest absolute Gasteiger partial charge is 0.198 e. The first-order valence-electron chi connectivity index (χ1n) is 6.01. The van der Waals surface area contributed by atoms with Gasteiger partial charge in [-0.05, 0) is 32.3 Å². The summed E-state index contributed by atoms with van der Waals surface area (Å²) >= 11 is 3.01. The second kappa shape index (κ2) is 5.75. The zero-order valence-corrected chi connectivity index (χ0v) is 13.1. The molecule has 7 heteroatoms. The molecular weight excluding hydrogens is 280 g/mol. The van der Waals surface area contributed by atoms with Crippen LogP contribution in [0.2, 0.25) is 0 Å². The Balaban J connectivity index is 2.16. The molecule has 5 nitrogen and oxygen atoms in total. The Morgan fingerprint density at radius 3 is 2.79 bits per heavy atom. The standard InChI is InChI=1S/C12H18N4OS2/c1-7(2)17-10-11(13)15-19-12(10)16(4)5-9-6-18-8(3)14-9/h6-7H,5H2,1-4H3,(H2,13,15). The van der Waals surface area contributed by atoms with Gasteiger partial charge in [-0.3, -0.25) is 0 Å². The number of hydrogen-bond donors (Lipinski definition) is 1. The number of ether oxygens (including phenoxy) is 1. The van der Waals surface area contributed by atoms with Crippen LogP contribution in [0.1, 0.15) is 24.5 Å². The third-order valence-electron chi connectivity index (χ3n) is 2.42. The highest BCUT2D eigenvalue weighted by molar-refractivity contribution is 7.11. The molecule has 0 saturated carbocycles. The van der Waals surface area contributed by atoms with E-state index in [4.69, 9.17) is 10.5 Å². The van der Waals surface area contributed by atoms with Gasteiger partial charge in [0.15, 0.2) is 16.6 Å². The van der Waals surface area contributed by atoms with Gasteiger partial charge in [0.2, 0.25) is 0 Å². The van der Waals surface area contributed by atoms with Gasteiger partial charge in [0.05, 0.1) is 23.4 Å². The predicted molar refractivity (Wildman–Crippen MR) is 81.2 cm³/mol. The van der Waals surface area contributed by atoms with Crippen LogP contribution in [0.15, 0.2) is 5.38 Å². The maximum absolute atomic E-state index is 5.86. The van der Waals surface area contributed by atoms with E-state index in [2.05, 4.69) is 19.6 Å². The molecule has 2 heterocycles. The van der Waals surface area contributed by atoms with E-state index >= 15 is 0 Å². The molecule has 19 heavy (non-hydrogen) atoms. The third-order valence-corrected chi connectivity index (χ3v) is 4.20. The fourth-order valence-corrected chi connectivity index (χ4v) is 2.98. The van der Waals surface area contributed by atoms with E-state index in [0.717, 1.165) is 22.2 Å². The molecule has 2 rings (SSSR count). The topological polar surface area (TPSA) is 64.3 Å². The lowest BCUT2D eigenvalue weighted by Gasteiger charge is -2.18. The molecule has 0 amide bonds. The van der Waals surface area contributed by atoms with Crippen molar-refractivity contribution in [2.75, 3.05) is 17.7 Å². The largest absolute Gasteiger partial charge is 0.484 e. The highest BCUT2D eigenvalue weighted by atomic mass is 32.1. The number of aromatic nitrogens is 2. The number of nitrogens with two attached hydrogens (primary N) is 1. The van der Waals surface area contributed by atoms with Gasteiger partial charge in [0, 0.05) is 12.4 Å². The highest BCUT2D eigenvalue weighted by Crippen LogP contribution is 2.38. The fourth-order valence-electron chi connectivity index (χ4n) is 1.67. The van der Waals surface area contributed by atoms with Crippen molar-refractivity contribution in [3.05, 3.63) is 16.1 Å². The molecule has 2 N–H and O–H groups in total. The van der Waals surface area contributed by atoms with Gasteiger partial charge in [-0.1, -0.05) is 0 Å². The minimum absolute atomic E-state index is 0.0763. The predicted octanol–water partition coefficient (Wildman–Crippen LogP) is 2.91. The average Bonchev–Trinajstić information content (AvgIpc) is 2.86. The van der Waals surface area contributed by atoms with E-state index in [-0.39, 0.29) is 6.10 Å². The molecule has 104 valence electrons. The van der Waals surface area contributed by atoms with E-state index in [1.807, 2.05) is 27.8 Å². The Bertz CT molecular complexity index is 550. The van der Waals surface area contributed by atoms with Crippen LogP contribution in [0.25, 0.3) is 0 Å². The first-order valence-corrected chi connectivity index (χ1v) is 7.66. The van der Waals surface area contributed by atoms with E-state index in [1.165, 1.54) is 11.5 Å². The van der Waals surface area contributed by atoms with Crippen LogP contribution >= 0.6 is 22.9 Å². The van der Waals surface area contributed by atoms with Gasteiger partial charge in [-0.15, -0.1) is 11.3 Å². The maximum atomic E-state index is 5.86. The van der Waals surface area contributed by atoms with Crippen LogP contribution < -0.4 is 15.4 Å². The Kier molecular flexibility index (Phi) is 4.26. The van der Waals surface area contributed by atoms with Crippen molar-refractivity contribution < 1.29 is 4.74 Å². The molecule has 0 saturated heterocycles. The van der Waals surface area contributed by atoms with Crippen molar-refractivity contribution in [2.24, 2.45) is 0 Å². The summed E-state index contributed by atoms with van der Waals surface area (Å²) < 4.78 is 9.92. The van der Waals surface area contributed by atoms with Crippen LogP contribution in [0.3, 0.4) is 0 Å². The van der Waals surface area contributed by atoms with E-state index < -0.39 is 0 Å². The second-order valence-corrected chi connectivity index (χ2v) is 6.40. The maximum Gasteiger partial charge on any atom is 0.198 e. The highest BCUT2D eigenvalue weighted by Gasteiger charge is 2.18. The van der Waals surface area contributed by atoms with Crippen molar-refractivity contribution in [3.63, 3.8) is 0 Å². The lowest BCUT2D eigenvalue weighted by atomic mass is 10.4. The summed E-state index contributed by atoms with van der Waals surface area (Å²) in [6.07, 6.45) is 0.0763. The number of nitrogen functional groups attached to an aromatic ring is 1. The molecule has 0 unspecified atom stereocenters. The van der Waals surface area contributed by atoms with Gasteiger partial charge in [-0.2, -0.15) is 4.37 Å². The Morgan fingerprint density at radius 1 is 1.47 bits per heavy atom. The van der Waals surface area contributed by atoms with Crippen molar-refractivity contribution in [1.29, 1.82) is 0 Å². The zero-order chi connectivity index (χ0) is 14.0.